The summed E-state index contributed by atoms with van der Waals surface area (Å²) in [6.07, 6.45) is 7.22. The first-order chi connectivity index (χ1) is 8.78. The number of hydrogen-bond acceptors (Lipinski definition) is 3. The summed E-state index contributed by atoms with van der Waals surface area (Å²) in [5.41, 5.74) is 0. The third kappa shape index (κ3) is 4.25. The van der Waals surface area contributed by atoms with Gasteiger partial charge in [0.2, 0.25) is 5.91 Å². The van der Waals surface area contributed by atoms with Crippen LogP contribution in [-0.2, 0) is 9.53 Å². The van der Waals surface area contributed by atoms with Gasteiger partial charge in [-0.25, -0.2) is 0 Å². The Morgan fingerprint density at radius 1 is 1.33 bits per heavy atom. The minimum atomic E-state index is 0.129. The second-order valence-electron chi connectivity index (χ2n) is 5.71. The molecule has 0 aromatic heterocycles. The number of nitrogens with zero attached hydrogens (tertiary/aromatic N) is 1. The zero-order valence-electron chi connectivity index (χ0n) is 11.5. The Balaban J connectivity index is 1.63. The molecule has 4 nitrogen and oxygen atoms in total. The fraction of sp³-hybridized carbons (Fsp3) is 0.929. The molecule has 1 atom stereocenters. The Morgan fingerprint density at radius 3 is 2.83 bits per heavy atom. The fourth-order valence-corrected chi connectivity index (χ4v) is 3.17. The zero-order valence-corrected chi connectivity index (χ0v) is 11.5. The highest BCUT2D eigenvalue weighted by Gasteiger charge is 2.26. The lowest BCUT2D eigenvalue weighted by Crippen LogP contribution is -2.38. The minimum Gasteiger partial charge on any atom is -0.384 e. The Hall–Kier alpha value is -0.610. The van der Waals surface area contributed by atoms with Crippen LogP contribution in [0.2, 0.25) is 0 Å². The summed E-state index contributed by atoms with van der Waals surface area (Å²) in [5, 5.41) is 3.11. The third-order valence-corrected chi connectivity index (χ3v) is 4.16. The molecular formula is C14H26N2O2. The van der Waals surface area contributed by atoms with Gasteiger partial charge in [-0.15, -0.1) is 0 Å². The summed E-state index contributed by atoms with van der Waals surface area (Å²) in [7, 11) is 1.63. The van der Waals surface area contributed by atoms with Crippen molar-refractivity contribution in [3.8, 4) is 0 Å². The highest BCUT2D eigenvalue weighted by molar-refractivity contribution is 5.76. The van der Waals surface area contributed by atoms with E-state index in [0.29, 0.717) is 19.1 Å². The van der Waals surface area contributed by atoms with Gasteiger partial charge < -0.3 is 15.0 Å². The van der Waals surface area contributed by atoms with E-state index in [1.807, 2.05) is 0 Å². The molecule has 1 amide bonds. The lowest BCUT2D eigenvalue weighted by molar-refractivity contribution is -0.122. The summed E-state index contributed by atoms with van der Waals surface area (Å²) >= 11 is 0. The molecule has 4 heteroatoms. The smallest absolute Gasteiger partial charge is 0.222 e. The summed E-state index contributed by atoms with van der Waals surface area (Å²) < 4.78 is 4.92. The second kappa shape index (κ2) is 7.10. The van der Waals surface area contributed by atoms with Crippen molar-refractivity contribution in [2.45, 2.75) is 44.6 Å². The van der Waals surface area contributed by atoms with Crippen molar-refractivity contribution in [1.29, 1.82) is 0 Å². The van der Waals surface area contributed by atoms with Crippen LogP contribution in [0, 0.1) is 5.92 Å². The van der Waals surface area contributed by atoms with E-state index in [-0.39, 0.29) is 5.91 Å². The highest BCUT2D eigenvalue weighted by atomic mass is 16.5. The first-order valence-electron chi connectivity index (χ1n) is 7.28. The highest BCUT2D eigenvalue weighted by Crippen LogP contribution is 2.26. The fourth-order valence-electron chi connectivity index (χ4n) is 3.17. The van der Waals surface area contributed by atoms with Gasteiger partial charge in [0.05, 0.1) is 6.61 Å². The number of likely N-dealkylation sites (tertiary alicyclic amines) is 1. The topological polar surface area (TPSA) is 41.6 Å². The number of ether oxygens (including phenoxy) is 1. The predicted molar refractivity (Wildman–Crippen MR) is 71.4 cm³/mol. The van der Waals surface area contributed by atoms with Gasteiger partial charge in [-0.1, -0.05) is 12.8 Å². The Kier molecular flexibility index (Phi) is 5.45. The number of carbonyl (C=O) groups is 1. The van der Waals surface area contributed by atoms with Crippen LogP contribution in [0.25, 0.3) is 0 Å². The Morgan fingerprint density at radius 2 is 2.11 bits per heavy atom. The second-order valence-corrected chi connectivity index (χ2v) is 5.71. The van der Waals surface area contributed by atoms with Crippen molar-refractivity contribution < 1.29 is 9.53 Å². The number of rotatable bonds is 6. The van der Waals surface area contributed by atoms with Crippen LogP contribution in [-0.4, -0.2) is 50.2 Å². The molecule has 0 aromatic carbocycles. The molecule has 2 fully saturated rings. The third-order valence-electron chi connectivity index (χ3n) is 4.16. The lowest BCUT2D eigenvalue weighted by atomic mass is 10.1. The lowest BCUT2D eigenvalue weighted by Gasteiger charge is -2.20. The summed E-state index contributed by atoms with van der Waals surface area (Å²) in [4.78, 5) is 14.1. The number of nitrogens with one attached hydrogen (secondary N) is 1. The van der Waals surface area contributed by atoms with Crippen LogP contribution in [0.1, 0.15) is 38.5 Å². The van der Waals surface area contributed by atoms with Crippen LogP contribution >= 0.6 is 0 Å². The number of hydrogen-bond donors (Lipinski definition) is 1. The van der Waals surface area contributed by atoms with Gasteiger partial charge >= 0.3 is 0 Å². The largest absolute Gasteiger partial charge is 0.384 e. The molecule has 0 unspecified atom stereocenters. The molecule has 0 aromatic rings. The molecule has 0 radical (unpaired) electrons. The van der Waals surface area contributed by atoms with E-state index in [9.17, 15) is 4.79 Å². The molecule has 18 heavy (non-hydrogen) atoms. The molecule has 2 aliphatic rings. The minimum absolute atomic E-state index is 0.129. The van der Waals surface area contributed by atoms with Gasteiger partial charge in [-0.05, 0) is 25.2 Å². The molecule has 0 spiro atoms. The Labute approximate surface area is 110 Å². The molecular weight excluding hydrogens is 228 g/mol. The molecule has 1 saturated carbocycles. The molecule has 1 N–H and O–H groups in total. The molecule has 2 rings (SSSR count). The molecule has 1 saturated heterocycles. The van der Waals surface area contributed by atoms with E-state index in [2.05, 4.69) is 10.2 Å². The Bertz CT molecular complexity index is 265. The van der Waals surface area contributed by atoms with E-state index in [1.165, 1.54) is 32.2 Å². The van der Waals surface area contributed by atoms with Gasteiger partial charge in [0, 0.05) is 39.2 Å². The van der Waals surface area contributed by atoms with Gasteiger partial charge in [0.1, 0.15) is 0 Å². The van der Waals surface area contributed by atoms with E-state index in [4.69, 9.17) is 4.74 Å². The van der Waals surface area contributed by atoms with E-state index < -0.39 is 0 Å². The number of amides is 1. The van der Waals surface area contributed by atoms with E-state index in [1.54, 1.807) is 7.11 Å². The number of methoxy groups -OCH3 is 1. The first-order valence-corrected chi connectivity index (χ1v) is 7.28. The van der Waals surface area contributed by atoms with Gasteiger partial charge in [0.25, 0.3) is 0 Å². The summed E-state index contributed by atoms with van der Waals surface area (Å²) in [6.45, 7) is 3.94. The molecule has 1 aliphatic carbocycles. The van der Waals surface area contributed by atoms with Crippen molar-refractivity contribution in [3.63, 3.8) is 0 Å². The average Bonchev–Trinajstić information content (AvgIpc) is 2.99. The van der Waals surface area contributed by atoms with Crippen molar-refractivity contribution in [1.82, 2.24) is 10.2 Å². The molecule has 1 heterocycles. The van der Waals surface area contributed by atoms with Crippen molar-refractivity contribution in [3.05, 3.63) is 0 Å². The maximum atomic E-state index is 11.6. The van der Waals surface area contributed by atoms with Crippen molar-refractivity contribution >= 4 is 5.91 Å². The standard InChI is InChI=1S/C14H26N2O2/c1-18-9-7-14(17)15-13-6-8-16(11-13)10-12-4-2-3-5-12/h12-13H,2-11H2,1H3,(H,15,17)/t13-/m0/s1. The van der Waals surface area contributed by atoms with Crippen LogP contribution in [0.5, 0.6) is 0 Å². The number of carbonyl (C=O) groups excluding carboxylic acids is 1. The van der Waals surface area contributed by atoms with Crippen LogP contribution in [0.4, 0.5) is 0 Å². The van der Waals surface area contributed by atoms with Gasteiger partial charge in [0.15, 0.2) is 0 Å². The maximum Gasteiger partial charge on any atom is 0.222 e. The summed E-state index contributed by atoms with van der Waals surface area (Å²) in [5.74, 6) is 1.04. The van der Waals surface area contributed by atoms with Crippen molar-refractivity contribution in [2.75, 3.05) is 33.4 Å². The molecule has 1 aliphatic heterocycles. The first kappa shape index (κ1) is 13.8. The normalized spacial score (nSPS) is 25.7. The quantitative estimate of drug-likeness (QED) is 0.779. The van der Waals surface area contributed by atoms with Gasteiger partial charge in [-0.2, -0.15) is 0 Å². The van der Waals surface area contributed by atoms with Crippen LogP contribution < -0.4 is 5.32 Å². The predicted octanol–water partition coefficient (Wildman–Crippen LogP) is 1.40. The van der Waals surface area contributed by atoms with Crippen LogP contribution in [0.15, 0.2) is 0 Å². The van der Waals surface area contributed by atoms with E-state index >= 15 is 0 Å². The van der Waals surface area contributed by atoms with Crippen LogP contribution in [0.3, 0.4) is 0 Å². The monoisotopic (exact) mass is 254 g/mol. The molecule has 0 bridgehead atoms. The van der Waals surface area contributed by atoms with Gasteiger partial charge in [-0.3, -0.25) is 4.79 Å². The zero-order chi connectivity index (χ0) is 12.8. The molecule has 104 valence electrons. The SMILES string of the molecule is COCCC(=O)N[C@H]1CCN(CC2CCCC2)C1. The van der Waals surface area contributed by atoms with Crippen molar-refractivity contribution in [2.24, 2.45) is 5.92 Å². The van der Waals surface area contributed by atoms with E-state index in [0.717, 1.165) is 25.4 Å². The summed E-state index contributed by atoms with van der Waals surface area (Å²) in [6, 6.07) is 0.357. The maximum absolute atomic E-state index is 11.6. The average molecular weight is 254 g/mol.